The number of nitrogens with two attached hydrogens (primary N) is 1. The zero-order valence-corrected chi connectivity index (χ0v) is 10.8. The maximum absolute atomic E-state index is 11.3. The molecule has 0 aromatic carbocycles. The Bertz CT molecular complexity index is 239. The number of hydrogen-bond acceptors (Lipinski definition) is 2. The first kappa shape index (κ1) is 14.9. The van der Waals surface area contributed by atoms with Gasteiger partial charge in [-0.2, -0.15) is 0 Å². The standard InChI is InChI=1S/C12H24N2O2/c1-9(2)14(11(4)15)8-7-10(3)5-6-12(13)16/h9-10H,5-8H2,1-4H3,(H2,13,16)/t10-/m0/s1. The highest BCUT2D eigenvalue weighted by Gasteiger charge is 2.14. The van der Waals surface area contributed by atoms with Crippen LogP contribution >= 0.6 is 0 Å². The van der Waals surface area contributed by atoms with Gasteiger partial charge in [-0.15, -0.1) is 0 Å². The van der Waals surface area contributed by atoms with Crippen molar-refractivity contribution >= 4 is 11.8 Å². The molecule has 0 radical (unpaired) electrons. The van der Waals surface area contributed by atoms with Crippen molar-refractivity contribution in [3.63, 3.8) is 0 Å². The average Bonchev–Trinajstić information content (AvgIpc) is 2.13. The maximum Gasteiger partial charge on any atom is 0.219 e. The normalized spacial score (nSPS) is 12.6. The molecule has 0 aliphatic heterocycles. The van der Waals surface area contributed by atoms with E-state index in [0.29, 0.717) is 12.3 Å². The van der Waals surface area contributed by atoms with Crippen molar-refractivity contribution in [2.75, 3.05) is 6.54 Å². The molecule has 0 aliphatic rings. The van der Waals surface area contributed by atoms with Crippen molar-refractivity contribution < 1.29 is 9.59 Å². The molecule has 94 valence electrons. The molecule has 0 aromatic rings. The first-order valence-electron chi connectivity index (χ1n) is 5.90. The molecule has 1 atom stereocenters. The van der Waals surface area contributed by atoms with Crippen LogP contribution in [0.4, 0.5) is 0 Å². The highest BCUT2D eigenvalue weighted by molar-refractivity contribution is 5.74. The third-order valence-corrected chi connectivity index (χ3v) is 2.77. The largest absolute Gasteiger partial charge is 0.370 e. The molecule has 0 spiro atoms. The molecule has 0 saturated heterocycles. The summed E-state index contributed by atoms with van der Waals surface area (Å²) in [6.07, 6.45) is 2.16. The minimum absolute atomic E-state index is 0.108. The molecule has 4 nitrogen and oxygen atoms in total. The summed E-state index contributed by atoms with van der Waals surface area (Å²) in [5.74, 6) is 0.282. The van der Waals surface area contributed by atoms with E-state index in [2.05, 4.69) is 6.92 Å². The summed E-state index contributed by atoms with van der Waals surface area (Å²) in [4.78, 5) is 23.8. The lowest BCUT2D eigenvalue weighted by molar-refractivity contribution is -0.130. The van der Waals surface area contributed by atoms with Crippen LogP contribution in [0.1, 0.15) is 47.0 Å². The monoisotopic (exact) mass is 228 g/mol. The van der Waals surface area contributed by atoms with Gasteiger partial charge in [0.2, 0.25) is 11.8 Å². The van der Waals surface area contributed by atoms with Gasteiger partial charge in [0, 0.05) is 25.9 Å². The van der Waals surface area contributed by atoms with E-state index >= 15 is 0 Å². The predicted octanol–water partition coefficient (Wildman–Crippen LogP) is 1.53. The van der Waals surface area contributed by atoms with E-state index < -0.39 is 0 Å². The van der Waals surface area contributed by atoms with Gasteiger partial charge in [-0.25, -0.2) is 0 Å². The smallest absolute Gasteiger partial charge is 0.219 e. The minimum atomic E-state index is -0.251. The minimum Gasteiger partial charge on any atom is -0.370 e. The fraction of sp³-hybridized carbons (Fsp3) is 0.833. The lowest BCUT2D eigenvalue weighted by Gasteiger charge is -2.26. The Balaban J connectivity index is 3.92. The number of carbonyl (C=O) groups excluding carboxylic acids is 2. The van der Waals surface area contributed by atoms with Crippen LogP contribution in [0, 0.1) is 5.92 Å². The van der Waals surface area contributed by atoms with Gasteiger partial charge in [0.05, 0.1) is 0 Å². The number of hydrogen-bond donors (Lipinski definition) is 1. The van der Waals surface area contributed by atoms with Crippen molar-refractivity contribution in [3.8, 4) is 0 Å². The molecule has 0 aliphatic carbocycles. The second kappa shape index (κ2) is 7.25. The molecule has 2 N–H and O–H groups in total. The second-order valence-electron chi connectivity index (χ2n) is 4.70. The molecule has 2 amide bonds. The van der Waals surface area contributed by atoms with Gasteiger partial charge in [0.15, 0.2) is 0 Å². The number of rotatable bonds is 7. The summed E-state index contributed by atoms with van der Waals surface area (Å²) in [6, 6.07) is 0.237. The van der Waals surface area contributed by atoms with E-state index in [9.17, 15) is 9.59 Å². The fourth-order valence-electron chi connectivity index (χ4n) is 1.67. The molecule has 0 aromatic heterocycles. The number of primary amides is 1. The summed E-state index contributed by atoms with van der Waals surface area (Å²) < 4.78 is 0. The first-order chi connectivity index (χ1) is 7.34. The van der Waals surface area contributed by atoms with Gasteiger partial charge in [-0.3, -0.25) is 9.59 Å². The molecule has 4 heteroatoms. The Hall–Kier alpha value is -1.06. The van der Waals surface area contributed by atoms with Crippen molar-refractivity contribution in [3.05, 3.63) is 0 Å². The van der Waals surface area contributed by atoms with E-state index in [1.54, 1.807) is 6.92 Å². The van der Waals surface area contributed by atoms with Gasteiger partial charge >= 0.3 is 0 Å². The van der Waals surface area contributed by atoms with Crippen molar-refractivity contribution in [2.24, 2.45) is 11.7 Å². The fourth-order valence-corrected chi connectivity index (χ4v) is 1.67. The van der Waals surface area contributed by atoms with Crippen molar-refractivity contribution in [2.45, 2.75) is 53.0 Å². The van der Waals surface area contributed by atoms with Gasteiger partial charge in [-0.1, -0.05) is 6.92 Å². The molecule has 0 rings (SSSR count). The lowest BCUT2D eigenvalue weighted by atomic mass is 10.0. The summed E-state index contributed by atoms with van der Waals surface area (Å²) in [5, 5.41) is 0. The quantitative estimate of drug-likeness (QED) is 0.718. The molecular weight excluding hydrogens is 204 g/mol. The van der Waals surface area contributed by atoms with Crippen LogP contribution < -0.4 is 5.73 Å². The van der Waals surface area contributed by atoms with Crippen LogP contribution in [0.3, 0.4) is 0 Å². The average molecular weight is 228 g/mol. The van der Waals surface area contributed by atoms with E-state index in [1.807, 2.05) is 18.7 Å². The van der Waals surface area contributed by atoms with E-state index in [-0.39, 0.29) is 17.9 Å². The molecular formula is C12H24N2O2. The SMILES string of the molecule is CC(=O)N(CC[C@@H](C)CCC(N)=O)C(C)C. The molecule has 0 saturated carbocycles. The van der Waals surface area contributed by atoms with Crippen LogP contribution in [0.25, 0.3) is 0 Å². The van der Waals surface area contributed by atoms with Crippen LogP contribution in [0.5, 0.6) is 0 Å². The molecule has 0 bridgehead atoms. The van der Waals surface area contributed by atoms with Gasteiger partial charge < -0.3 is 10.6 Å². The highest BCUT2D eigenvalue weighted by Crippen LogP contribution is 2.12. The van der Waals surface area contributed by atoms with E-state index in [4.69, 9.17) is 5.73 Å². The summed E-state index contributed by atoms with van der Waals surface area (Å²) in [6.45, 7) is 8.45. The summed E-state index contributed by atoms with van der Waals surface area (Å²) in [7, 11) is 0. The van der Waals surface area contributed by atoms with Gasteiger partial charge in [0.1, 0.15) is 0 Å². The Kier molecular flexibility index (Phi) is 6.77. The molecule has 0 heterocycles. The Morgan fingerprint density at radius 2 is 1.75 bits per heavy atom. The highest BCUT2D eigenvalue weighted by atomic mass is 16.2. The lowest BCUT2D eigenvalue weighted by Crippen LogP contribution is -2.36. The number of amides is 2. The van der Waals surface area contributed by atoms with Crippen LogP contribution in [-0.4, -0.2) is 29.3 Å². The van der Waals surface area contributed by atoms with Gasteiger partial charge in [0.25, 0.3) is 0 Å². The predicted molar refractivity (Wildman–Crippen MR) is 64.7 cm³/mol. The van der Waals surface area contributed by atoms with E-state index in [0.717, 1.165) is 19.4 Å². The third kappa shape index (κ3) is 6.43. The molecule has 0 unspecified atom stereocenters. The van der Waals surface area contributed by atoms with Gasteiger partial charge in [-0.05, 0) is 32.6 Å². The topological polar surface area (TPSA) is 63.4 Å². The van der Waals surface area contributed by atoms with Crippen molar-refractivity contribution in [1.29, 1.82) is 0 Å². The Morgan fingerprint density at radius 3 is 2.12 bits per heavy atom. The van der Waals surface area contributed by atoms with Crippen LogP contribution in [0.15, 0.2) is 0 Å². The van der Waals surface area contributed by atoms with Crippen LogP contribution in [0.2, 0.25) is 0 Å². The zero-order chi connectivity index (χ0) is 12.7. The number of nitrogens with zero attached hydrogens (tertiary/aromatic N) is 1. The van der Waals surface area contributed by atoms with E-state index in [1.165, 1.54) is 0 Å². The molecule has 16 heavy (non-hydrogen) atoms. The Labute approximate surface area is 98.2 Å². The molecule has 0 fully saturated rings. The maximum atomic E-state index is 11.3. The van der Waals surface area contributed by atoms with Crippen LogP contribution in [-0.2, 0) is 9.59 Å². The number of carbonyl (C=O) groups is 2. The Morgan fingerprint density at radius 1 is 1.19 bits per heavy atom. The summed E-state index contributed by atoms with van der Waals surface area (Å²) >= 11 is 0. The third-order valence-electron chi connectivity index (χ3n) is 2.77. The second-order valence-corrected chi connectivity index (χ2v) is 4.70. The van der Waals surface area contributed by atoms with Crippen molar-refractivity contribution in [1.82, 2.24) is 4.90 Å². The zero-order valence-electron chi connectivity index (χ0n) is 10.8. The summed E-state index contributed by atoms with van der Waals surface area (Å²) in [5.41, 5.74) is 5.09. The first-order valence-corrected chi connectivity index (χ1v) is 5.90.